The molecule has 0 bridgehead atoms. The van der Waals surface area contributed by atoms with Crippen molar-refractivity contribution in [2.24, 2.45) is 0 Å². The van der Waals surface area contributed by atoms with E-state index in [2.05, 4.69) is 15.2 Å². The molecule has 164 valence electrons. The Morgan fingerprint density at radius 2 is 2.03 bits per heavy atom. The number of amides is 1. The number of aromatic nitrogens is 1. The van der Waals surface area contributed by atoms with Gasteiger partial charge in [0, 0.05) is 43.3 Å². The molecular weight excluding hydrogens is 409 g/mol. The highest BCUT2D eigenvalue weighted by atomic mass is 35.5. The molecule has 30 heavy (non-hydrogen) atoms. The van der Waals surface area contributed by atoms with Gasteiger partial charge in [-0.3, -0.25) is 4.98 Å². The fourth-order valence-electron chi connectivity index (χ4n) is 3.68. The lowest BCUT2D eigenvalue weighted by Crippen LogP contribution is -2.46. The van der Waals surface area contributed by atoms with Crippen LogP contribution in [0.25, 0.3) is 10.9 Å². The van der Waals surface area contributed by atoms with Crippen molar-refractivity contribution in [3.63, 3.8) is 0 Å². The Morgan fingerprint density at radius 3 is 2.67 bits per heavy atom. The minimum Gasteiger partial charge on any atom is -0.497 e. The number of carbonyl (C=O) groups is 1. The van der Waals surface area contributed by atoms with Gasteiger partial charge in [-0.2, -0.15) is 0 Å². The average Bonchev–Trinajstić information content (AvgIpc) is 2.66. The quantitative estimate of drug-likeness (QED) is 0.742. The second-order valence-electron chi connectivity index (χ2n) is 8.60. The van der Waals surface area contributed by atoms with Crippen LogP contribution in [-0.2, 0) is 11.2 Å². The number of likely N-dealkylation sites (tertiary alicyclic amines) is 1. The van der Waals surface area contributed by atoms with E-state index in [1.807, 2.05) is 20.8 Å². The van der Waals surface area contributed by atoms with Crippen molar-refractivity contribution in [2.75, 3.05) is 26.7 Å². The molecule has 0 unspecified atom stereocenters. The van der Waals surface area contributed by atoms with Crippen molar-refractivity contribution in [3.05, 3.63) is 34.7 Å². The Morgan fingerprint density at radius 1 is 1.33 bits per heavy atom. The van der Waals surface area contributed by atoms with Crippen LogP contribution in [-0.4, -0.2) is 54.4 Å². The summed E-state index contributed by atoms with van der Waals surface area (Å²) in [5.41, 5.74) is 0.670. The van der Waals surface area contributed by atoms with Crippen molar-refractivity contribution in [1.29, 1.82) is 0 Å². The Kier molecular flexibility index (Phi) is 7.03. The zero-order valence-electron chi connectivity index (χ0n) is 17.9. The molecule has 1 aromatic carbocycles. The van der Waals surface area contributed by atoms with Crippen LogP contribution in [0.5, 0.6) is 5.75 Å². The Hall–Kier alpha value is -2.12. The van der Waals surface area contributed by atoms with Gasteiger partial charge in [-0.25, -0.2) is 9.18 Å². The van der Waals surface area contributed by atoms with E-state index in [-0.39, 0.29) is 12.1 Å². The largest absolute Gasteiger partial charge is 0.497 e. The third-order valence-corrected chi connectivity index (χ3v) is 5.51. The summed E-state index contributed by atoms with van der Waals surface area (Å²) in [5.74, 6) is 0.0237. The van der Waals surface area contributed by atoms with Crippen molar-refractivity contribution >= 4 is 28.6 Å². The second kappa shape index (κ2) is 9.35. The first-order valence-corrected chi connectivity index (χ1v) is 10.6. The summed E-state index contributed by atoms with van der Waals surface area (Å²) in [4.78, 5) is 18.4. The number of carbonyl (C=O) groups excluding carboxylic acids is 1. The number of nitrogens with one attached hydrogen (secondary N) is 1. The van der Waals surface area contributed by atoms with Gasteiger partial charge in [-0.15, -0.1) is 0 Å². The number of piperidine rings is 1. The lowest BCUT2D eigenvalue weighted by molar-refractivity contribution is 0.0479. The monoisotopic (exact) mass is 437 g/mol. The van der Waals surface area contributed by atoms with Crippen molar-refractivity contribution in [2.45, 2.75) is 51.7 Å². The number of hydrogen-bond acceptors (Lipinski definition) is 5. The van der Waals surface area contributed by atoms with Crippen LogP contribution in [0.1, 0.15) is 39.2 Å². The molecule has 1 saturated heterocycles. The fraction of sp³-hybridized carbons (Fsp3) is 0.545. The summed E-state index contributed by atoms with van der Waals surface area (Å²) in [7, 11) is 1.51. The standard InChI is InChI=1S/C22H29ClFN3O3/c1-22(2,3)30-21(28)26-14-5-8-27(9-6-14)10-7-16-17-11-15(29-4)12-19(24)20(17)25-13-18(16)23/h11-14H,5-10H2,1-4H3,(H,26,28). The number of ether oxygens (including phenoxy) is 2. The van der Waals surface area contributed by atoms with Gasteiger partial charge in [0.1, 0.15) is 16.9 Å². The number of halogens is 2. The van der Waals surface area contributed by atoms with E-state index in [0.29, 0.717) is 28.1 Å². The molecule has 0 aliphatic carbocycles. The third-order valence-electron chi connectivity index (χ3n) is 5.18. The molecule has 0 saturated carbocycles. The molecule has 0 atom stereocenters. The first kappa shape index (κ1) is 22.6. The highest BCUT2D eigenvalue weighted by Gasteiger charge is 2.24. The van der Waals surface area contributed by atoms with Gasteiger partial charge < -0.3 is 19.7 Å². The molecule has 3 rings (SSSR count). The summed E-state index contributed by atoms with van der Waals surface area (Å²) in [6.45, 7) is 8.06. The van der Waals surface area contributed by atoms with E-state index in [1.165, 1.54) is 19.4 Å². The predicted octanol–water partition coefficient (Wildman–Crippen LogP) is 4.57. The molecule has 1 N–H and O–H groups in total. The molecular formula is C22H29ClFN3O3. The van der Waals surface area contributed by atoms with Gasteiger partial charge in [-0.05, 0) is 51.7 Å². The van der Waals surface area contributed by atoms with Gasteiger partial charge in [0.2, 0.25) is 0 Å². The fourth-order valence-corrected chi connectivity index (χ4v) is 3.93. The van der Waals surface area contributed by atoms with Gasteiger partial charge in [-0.1, -0.05) is 11.6 Å². The first-order valence-electron chi connectivity index (χ1n) is 10.2. The number of alkyl carbamates (subject to hydrolysis) is 1. The van der Waals surface area contributed by atoms with Crippen LogP contribution in [0.2, 0.25) is 5.02 Å². The van der Waals surface area contributed by atoms with Crippen LogP contribution in [0.3, 0.4) is 0 Å². The molecule has 1 fully saturated rings. The molecule has 0 radical (unpaired) electrons. The molecule has 1 amide bonds. The highest BCUT2D eigenvalue weighted by molar-refractivity contribution is 6.32. The minimum absolute atomic E-state index is 0.111. The van der Waals surface area contributed by atoms with Crippen LogP contribution in [0, 0.1) is 5.82 Å². The van der Waals surface area contributed by atoms with E-state index < -0.39 is 11.4 Å². The lowest BCUT2D eigenvalue weighted by atomic mass is 10.0. The molecule has 2 aromatic rings. The topological polar surface area (TPSA) is 63.7 Å². The maximum Gasteiger partial charge on any atom is 0.407 e. The number of methoxy groups -OCH3 is 1. The van der Waals surface area contributed by atoms with Gasteiger partial charge in [0.05, 0.1) is 12.1 Å². The molecule has 0 spiro atoms. The molecule has 1 aliphatic rings. The van der Waals surface area contributed by atoms with Crippen molar-refractivity contribution in [3.8, 4) is 5.75 Å². The summed E-state index contributed by atoms with van der Waals surface area (Å²) in [5, 5.41) is 4.16. The van der Waals surface area contributed by atoms with Crippen LogP contribution >= 0.6 is 11.6 Å². The van der Waals surface area contributed by atoms with Crippen LogP contribution < -0.4 is 10.1 Å². The van der Waals surface area contributed by atoms with Crippen LogP contribution in [0.4, 0.5) is 9.18 Å². The number of hydrogen-bond donors (Lipinski definition) is 1. The molecule has 1 aliphatic heterocycles. The Bertz CT molecular complexity index is 909. The highest BCUT2D eigenvalue weighted by Crippen LogP contribution is 2.30. The SMILES string of the molecule is COc1cc(F)c2ncc(Cl)c(CCN3CCC(NC(=O)OC(C)(C)C)CC3)c2c1. The number of nitrogens with zero attached hydrogens (tertiary/aromatic N) is 2. The summed E-state index contributed by atoms with van der Waals surface area (Å²) < 4.78 is 24.9. The van der Waals surface area contributed by atoms with E-state index >= 15 is 0 Å². The molecule has 2 heterocycles. The lowest BCUT2D eigenvalue weighted by Gasteiger charge is -2.33. The van der Waals surface area contributed by atoms with E-state index in [0.717, 1.165) is 38.0 Å². The van der Waals surface area contributed by atoms with Gasteiger partial charge in [0.25, 0.3) is 0 Å². The number of rotatable bonds is 5. The van der Waals surface area contributed by atoms with Gasteiger partial charge >= 0.3 is 6.09 Å². The molecule has 1 aromatic heterocycles. The maximum absolute atomic E-state index is 14.3. The second-order valence-corrected chi connectivity index (χ2v) is 9.01. The number of pyridine rings is 1. The number of benzene rings is 1. The Labute approximate surface area is 181 Å². The zero-order chi connectivity index (χ0) is 21.9. The smallest absolute Gasteiger partial charge is 0.407 e. The number of fused-ring (bicyclic) bond motifs is 1. The maximum atomic E-state index is 14.3. The normalized spacial score (nSPS) is 15.9. The molecule has 6 nitrogen and oxygen atoms in total. The zero-order valence-corrected chi connectivity index (χ0v) is 18.7. The summed E-state index contributed by atoms with van der Waals surface area (Å²) in [6.07, 6.45) is 3.52. The third kappa shape index (κ3) is 5.73. The Balaban J connectivity index is 1.59. The minimum atomic E-state index is -0.500. The van der Waals surface area contributed by atoms with Gasteiger partial charge in [0.15, 0.2) is 5.82 Å². The molecule has 8 heteroatoms. The van der Waals surface area contributed by atoms with Crippen molar-refractivity contribution < 1.29 is 18.7 Å². The van der Waals surface area contributed by atoms with Crippen LogP contribution in [0.15, 0.2) is 18.3 Å². The predicted molar refractivity (Wildman–Crippen MR) is 116 cm³/mol. The van der Waals surface area contributed by atoms with Crippen molar-refractivity contribution in [1.82, 2.24) is 15.2 Å². The summed E-state index contributed by atoms with van der Waals surface area (Å²) >= 11 is 6.40. The van der Waals surface area contributed by atoms with E-state index in [4.69, 9.17) is 21.1 Å². The summed E-state index contributed by atoms with van der Waals surface area (Å²) in [6, 6.07) is 3.22. The van der Waals surface area contributed by atoms with E-state index in [1.54, 1.807) is 6.07 Å². The first-order chi connectivity index (χ1) is 14.2. The average molecular weight is 438 g/mol. The van der Waals surface area contributed by atoms with E-state index in [9.17, 15) is 9.18 Å².